The molecule has 20 heavy (non-hydrogen) atoms. The van der Waals surface area contributed by atoms with Crippen LogP contribution in [0.5, 0.6) is 0 Å². The molecule has 0 amide bonds. The van der Waals surface area contributed by atoms with E-state index >= 15 is 0 Å². The molecule has 0 aliphatic rings. The van der Waals surface area contributed by atoms with Gasteiger partial charge in [0.2, 0.25) is 0 Å². The maximum Gasteiger partial charge on any atom is 0.0395 e. The van der Waals surface area contributed by atoms with Crippen LogP contribution in [0.1, 0.15) is 33.9 Å². The Kier molecular flexibility index (Phi) is 4.90. The third-order valence-corrected chi connectivity index (χ3v) is 4.92. The highest BCUT2D eigenvalue weighted by Gasteiger charge is 2.13. The Labute approximate surface area is 126 Å². The molecular weight excluding hydrogens is 262 g/mol. The first-order valence-electron chi connectivity index (χ1n) is 7.01. The highest BCUT2D eigenvalue weighted by molar-refractivity contribution is 7.99. The molecule has 0 saturated heterocycles. The Morgan fingerprint density at radius 1 is 0.950 bits per heavy atom. The van der Waals surface area contributed by atoms with Gasteiger partial charge in [-0.05, 0) is 56.0 Å². The summed E-state index contributed by atoms with van der Waals surface area (Å²) in [6.07, 6.45) is 0. The second-order valence-corrected chi connectivity index (χ2v) is 6.56. The van der Waals surface area contributed by atoms with Crippen molar-refractivity contribution >= 4 is 11.8 Å². The largest absolute Gasteiger partial charge is 0.323 e. The zero-order valence-corrected chi connectivity index (χ0v) is 13.6. The van der Waals surface area contributed by atoms with Crippen LogP contribution in [0.3, 0.4) is 0 Å². The summed E-state index contributed by atoms with van der Waals surface area (Å²) in [6.45, 7) is 8.61. The number of benzene rings is 2. The summed E-state index contributed by atoms with van der Waals surface area (Å²) < 4.78 is 0. The first kappa shape index (κ1) is 15.1. The van der Waals surface area contributed by atoms with E-state index in [4.69, 9.17) is 5.73 Å². The number of nitrogens with two attached hydrogens (primary N) is 1. The van der Waals surface area contributed by atoms with Crippen molar-refractivity contribution < 1.29 is 0 Å². The van der Waals surface area contributed by atoms with Gasteiger partial charge in [-0.1, -0.05) is 35.9 Å². The van der Waals surface area contributed by atoms with Crippen LogP contribution in [0.15, 0.2) is 41.3 Å². The van der Waals surface area contributed by atoms with Gasteiger partial charge in [-0.15, -0.1) is 11.8 Å². The third kappa shape index (κ3) is 3.44. The molecule has 0 spiro atoms. The van der Waals surface area contributed by atoms with Crippen molar-refractivity contribution in [2.24, 2.45) is 5.73 Å². The van der Waals surface area contributed by atoms with E-state index in [2.05, 4.69) is 64.1 Å². The fourth-order valence-corrected chi connectivity index (χ4v) is 3.75. The fraction of sp³-hybridized carbons (Fsp3) is 0.333. The van der Waals surface area contributed by atoms with E-state index in [0.717, 1.165) is 5.75 Å². The van der Waals surface area contributed by atoms with Gasteiger partial charge in [0.1, 0.15) is 0 Å². The van der Waals surface area contributed by atoms with Crippen molar-refractivity contribution in [1.82, 2.24) is 0 Å². The molecule has 0 bridgehead atoms. The normalized spacial score (nSPS) is 12.4. The first-order chi connectivity index (χ1) is 9.49. The molecule has 1 atom stereocenters. The Bertz CT molecular complexity index is 581. The molecule has 0 saturated carbocycles. The molecule has 0 aliphatic carbocycles. The summed E-state index contributed by atoms with van der Waals surface area (Å²) in [5.74, 6) is 0.912. The number of hydrogen-bond donors (Lipinski definition) is 1. The number of aryl methyl sites for hydroxylation is 4. The molecule has 2 aromatic rings. The molecule has 0 heterocycles. The molecule has 2 N–H and O–H groups in total. The van der Waals surface area contributed by atoms with E-state index in [1.807, 2.05) is 11.8 Å². The van der Waals surface area contributed by atoms with Gasteiger partial charge in [0.15, 0.2) is 0 Å². The molecule has 2 heteroatoms. The highest BCUT2D eigenvalue weighted by Crippen LogP contribution is 2.29. The molecule has 0 radical (unpaired) electrons. The van der Waals surface area contributed by atoms with Gasteiger partial charge in [0, 0.05) is 16.7 Å². The van der Waals surface area contributed by atoms with Crippen LogP contribution in [0, 0.1) is 27.7 Å². The van der Waals surface area contributed by atoms with Gasteiger partial charge in [0.25, 0.3) is 0 Å². The van der Waals surface area contributed by atoms with Crippen molar-refractivity contribution in [3.05, 3.63) is 64.2 Å². The maximum atomic E-state index is 6.42. The van der Waals surface area contributed by atoms with E-state index in [1.54, 1.807) is 0 Å². The van der Waals surface area contributed by atoms with Crippen molar-refractivity contribution in [3.63, 3.8) is 0 Å². The van der Waals surface area contributed by atoms with E-state index in [9.17, 15) is 0 Å². The van der Waals surface area contributed by atoms with E-state index in [1.165, 1.54) is 32.7 Å². The lowest BCUT2D eigenvalue weighted by Crippen LogP contribution is -2.16. The van der Waals surface area contributed by atoms with Crippen molar-refractivity contribution in [2.45, 2.75) is 38.6 Å². The first-order valence-corrected chi connectivity index (χ1v) is 7.99. The van der Waals surface area contributed by atoms with Gasteiger partial charge in [0.05, 0.1) is 0 Å². The predicted molar refractivity (Wildman–Crippen MR) is 89.5 cm³/mol. The zero-order chi connectivity index (χ0) is 14.7. The maximum absolute atomic E-state index is 6.42. The van der Waals surface area contributed by atoms with Crippen molar-refractivity contribution in [1.29, 1.82) is 0 Å². The van der Waals surface area contributed by atoms with Gasteiger partial charge in [-0.25, -0.2) is 0 Å². The minimum Gasteiger partial charge on any atom is -0.323 e. The Morgan fingerprint density at radius 2 is 1.55 bits per heavy atom. The monoisotopic (exact) mass is 285 g/mol. The summed E-state index contributed by atoms with van der Waals surface area (Å²) >= 11 is 1.85. The summed E-state index contributed by atoms with van der Waals surface area (Å²) in [5, 5.41) is 0. The Hall–Kier alpha value is -1.25. The van der Waals surface area contributed by atoms with E-state index in [-0.39, 0.29) is 6.04 Å². The highest BCUT2D eigenvalue weighted by atomic mass is 32.2. The summed E-state index contributed by atoms with van der Waals surface area (Å²) in [6, 6.07) is 13.0. The summed E-state index contributed by atoms with van der Waals surface area (Å²) in [7, 11) is 0. The van der Waals surface area contributed by atoms with Crippen molar-refractivity contribution in [3.8, 4) is 0 Å². The van der Waals surface area contributed by atoms with Gasteiger partial charge >= 0.3 is 0 Å². The average molecular weight is 285 g/mol. The number of thioether (sulfide) groups is 1. The van der Waals surface area contributed by atoms with Gasteiger partial charge < -0.3 is 5.73 Å². The van der Waals surface area contributed by atoms with Crippen LogP contribution in [-0.2, 0) is 0 Å². The molecule has 0 aliphatic heterocycles. The molecule has 1 unspecified atom stereocenters. The third-order valence-electron chi connectivity index (χ3n) is 3.62. The molecule has 0 fully saturated rings. The molecule has 2 rings (SSSR count). The van der Waals surface area contributed by atoms with Gasteiger partial charge in [-0.2, -0.15) is 0 Å². The standard InChI is InChI=1S/C18H23NS/c1-12-9-14(3)18(15(4)10-12)16(19)11-20-17-8-6-5-7-13(17)2/h5-10,16H,11,19H2,1-4H3. The smallest absolute Gasteiger partial charge is 0.0395 e. The van der Waals surface area contributed by atoms with E-state index in [0.29, 0.717) is 0 Å². The average Bonchev–Trinajstić information content (AvgIpc) is 2.36. The Morgan fingerprint density at radius 3 is 2.15 bits per heavy atom. The lowest BCUT2D eigenvalue weighted by molar-refractivity contribution is 0.812. The molecule has 106 valence electrons. The van der Waals surface area contributed by atoms with Crippen LogP contribution >= 0.6 is 11.8 Å². The fourth-order valence-electron chi connectivity index (χ4n) is 2.76. The van der Waals surface area contributed by atoms with Crippen LogP contribution < -0.4 is 5.73 Å². The van der Waals surface area contributed by atoms with Crippen LogP contribution in [0.2, 0.25) is 0 Å². The van der Waals surface area contributed by atoms with Crippen LogP contribution in [-0.4, -0.2) is 5.75 Å². The lowest BCUT2D eigenvalue weighted by atomic mass is 9.95. The number of rotatable bonds is 4. The molecule has 2 aromatic carbocycles. The minimum atomic E-state index is 0.0835. The molecular formula is C18H23NS. The van der Waals surface area contributed by atoms with Crippen LogP contribution in [0.4, 0.5) is 0 Å². The number of hydrogen-bond acceptors (Lipinski definition) is 2. The second kappa shape index (κ2) is 6.47. The van der Waals surface area contributed by atoms with Gasteiger partial charge in [-0.3, -0.25) is 0 Å². The SMILES string of the molecule is Cc1cc(C)c(C(N)CSc2ccccc2C)c(C)c1. The summed E-state index contributed by atoms with van der Waals surface area (Å²) in [4.78, 5) is 1.32. The van der Waals surface area contributed by atoms with Crippen LogP contribution in [0.25, 0.3) is 0 Å². The molecule has 1 nitrogen and oxygen atoms in total. The molecule has 0 aromatic heterocycles. The zero-order valence-electron chi connectivity index (χ0n) is 12.7. The second-order valence-electron chi connectivity index (χ2n) is 5.50. The topological polar surface area (TPSA) is 26.0 Å². The van der Waals surface area contributed by atoms with E-state index < -0.39 is 0 Å². The predicted octanol–water partition coefficient (Wildman–Crippen LogP) is 4.71. The quantitative estimate of drug-likeness (QED) is 0.823. The Balaban J connectivity index is 2.13. The van der Waals surface area contributed by atoms with Crippen molar-refractivity contribution in [2.75, 3.05) is 5.75 Å². The minimum absolute atomic E-state index is 0.0835. The lowest BCUT2D eigenvalue weighted by Gasteiger charge is -2.18. The summed E-state index contributed by atoms with van der Waals surface area (Å²) in [5.41, 5.74) is 13.0.